The Morgan fingerprint density at radius 1 is 1.26 bits per heavy atom. The van der Waals surface area contributed by atoms with Gasteiger partial charge in [-0.15, -0.1) is 0 Å². The molecule has 0 radical (unpaired) electrons. The van der Waals surface area contributed by atoms with Crippen LogP contribution in [0.25, 0.3) is 10.9 Å². The molecule has 3 rings (SSSR count). The molecule has 0 spiro atoms. The second-order valence-electron chi connectivity index (χ2n) is 5.83. The second kappa shape index (κ2) is 4.64. The highest BCUT2D eigenvalue weighted by atomic mass is 19.1. The number of aryl methyl sites for hydroxylation is 1. The molecule has 1 fully saturated rings. The predicted octanol–water partition coefficient (Wildman–Crippen LogP) is 3.51. The molecular weight excluding hydrogens is 239 g/mol. The van der Waals surface area contributed by atoms with Crippen LogP contribution in [0.3, 0.4) is 0 Å². The van der Waals surface area contributed by atoms with Crippen LogP contribution in [0.2, 0.25) is 0 Å². The van der Waals surface area contributed by atoms with Gasteiger partial charge in [-0.1, -0.05) is 13.8 Å². The van der Waals surface area contributed by atoms with Crippen LogP contribution in [0.15, 0.2) is 18.2 Å². The Kier molecular flexibility index (Phi) is 3.09. The van der Waals surface area contributed by atoms with Crippen LogP contribution in [-0.4, -0.2) is 18.1 Å². The summed E-state index contributed by atoms with van der Waals surface area (Å²) in [5.74, 6) is -0.145. The van der Waals surface area contributed by atoms with Gasteiger partial charge in [-0.3, -0.25) is 0 Å². The molecule has 1 aliphatic heterocycles. The van der Waals surface area contributed by atoms with Crippen molar-refractivity contribution in [1.82, 2.24) is 10.3 Å². The largest absolute Gasteiger partial charge is 0.358 e. The molecule has 2 nitrogen and oxygen atoms in total. The van der Waals surface area contributed by atoms with E-state index in [-0.39, 0.29) is 11.2 Å². The average Bonchev–Trinajstić information content (AvgIpc) is 2.78. The highest BCUT2D eigenvalue weighted by molar-refractivity contribution is 5.86. The van der Waals surface area contributed by atoms with E-state index >= 15 is 0 Å². The molecule has 3 heteroatoms. The van der Waals surface area contributed by atoms with Crippen molar-refractivity contribution in [3.8, 4) is 0 Å². The number of hydrogen-bond donors (Lipinski definition) is 2. The van der Waals surface area contributed by atoms with E-state index < -0.39 is 0 Å². The average molecular weight is 260 g/mol. The highest BCUT2D eigenvalue weighted by Gasteiger charge is 2.33. The molecule has 0 bridgehead atoms. The maximum atomic E-state index is 13.6. The molecular formula is C16H21FN2. The van der Waals surface area contributed by atoms with Crippen molar-refractivity contribution in [2.75, 3.05) is 13.1 Å². The van der Waals surface area contributed by atoms with Crippen LogP contribution >= 0.6 is 0 Å². The Morgan fingerprint density at radius 2 is 2.00 bits per heavy atom. The highest BCUT2D eigenvalue weighted by Crippen LogP contribution is 2.40. The zero-order valence-electron chi connectivity index (χ0n) is 11.6. The van der Waals surface area contributed by atoms with Crippen LogP contribution < -0.4 is 5.32 Å². The maximum absolute atomic E-state index is 13.6. The van der Waals surface area contributed by atoms with Gasteiger partial charge in [-0.25, -0.2) is 4.39 Å². The molecule has 1 aromatic carbocycles. The summed E-state index contributed by atoms with van der Waals surface area (Å²) in [6, 6.07) is 5.08. The Labute approximate surface area is 113 Å². The van der Waals surface area contributed by atoms with Gasteiger partial charge in [0.25, 0.3) is 0 Å². The van der Waals surface area contributed by atoms with Gasteiger partial charge in [0.05, 0.1) is 0 Å². The fourth-order valence-electron chi connectivity index (χ4n) is 3.40. The minimum absolute atomic E-state index is 0.145. The van der Waals surface area contributed by atoms with Crippen molar-refractivity contribution < 1.29 is 4.39 Å². The van der Waals surface area contributed by atoms with Gasteiger partial charge in [0.1, 0.15) is 5.82 Å². The van der Waals surface area contributed by atoms with Gasteiger partial charge in [0, 0.05) is 16.6 Å². The zero-order chi connectivity index (χ0) is 13.5. The van der Waals surface area contributed by atoms with Crippen LogP contribution in [0, 0.1) is 5.82 Å². The van der Waals surface area contributed by atoms with E-state index in [4.69, 9.17) is 0 Å². The number of fused-ring (bicyclic) bond motifs is 1. The summed E-state index contributed by atoms with van der Waals surface area (Å²) in [4.78, 5) is 3.48. The topological polar surface area (TPSA) is 27.8 Å². The van der Waals surface area contributed by atoms with Gasteiger partial charge in [0.15, 0.2) is 0 Å². The van der Waals surface area contributed by atoms with E-state index in [0.29, 0.717) is 0 Å². The number of benzene rings is 1. The normalized spacial score (nSPS) is 18.9. The van der Waals surface area contributed by atoms with Gasteiger partial charge in [-0.2, -0.15) is 0 Å². The Balaban J connectivity index is 2.22. The van der Waals surface area contributed by atoms with Crippen molar-refractivity contribution in [1.29, 1.82) is 0 Å². The van der Waals surface area contributed by atoms with E-state index in [1.54, 1.807) is 6.07 Å². The van der Waals surface area contributed by atoms with Crippen molar-refractivity contribution in [2.45, 2.75) is 38.5 Å². The number of nitrogens with one attached hydrogen (secondary N) is 2. The molecule has 1 saturated heterocycles. The van der Waals surface area contributed by atoms with Crippen molar-refractivity contribution >= 4 is 10.9 Å². The molecule has 0 amide bonds. The lowest BCUT2D eigenvalue weighted by molar-refractivity contribution is 0.335. The summed E-state index contributed by atoms with van der Waals surface area (Å²) < 4.78 is 13.6. The fraction of sp³-hybridized carbons (Fsp3) is 0.500. The van der Waals surface area contributed by atoms with Gasteiger partial charge in [-0.05, 0) is 61.5 Å². The molecule has 19 heavy (non-hydrogen) atoms. The number of halogens is 1. The lowest BCUT2D eigenvalue weighted by atomic mass is 9.73. The smallest absolute Gasteiger partial charge is 0.123 e. The first-order chi connectivity index (χ1) is 9.14. The molecule has 0 saturated carbocycles. The maximum Gasteiger partial charge on any atom is 0.123 e. The van der Waals surface area contributed by atoms with Crippen LogP contribution in [-0.2, 0) is 11.8 Å². The van der Waals surface area contributed by atoms with E-state index in [1.807, 2.05) is 6.07 Å². The molecule has 0 unspecified atom stereocenters. The van der Waals surface area contributed by atoms with E-state index in [0.717, 1.165) is 43.3 Å². The second-order valence-corrected chi connectivity index (χ2v) is 5.83. The predicted molar refractivity (Wildman–Crippen MR) is 77.1 cm³/mol. The number of rotatable bonds is 2. The summed E-state index contributed by atoms with van der Waals surface area (Å²) in [5, 5.41) is 4.49. The first-order valence-electron chi connectivity index (χ1n) is 7.15. The Morgan fingerprint density at radius 3 is 2.68 bits per heavy atom. The molecule has 1 aromatic heterocycles. The van der Waals surface area contributed by atoms with Crippen LogP contribution in [0.5, 0.6) is 0 Å². The third-order valence-electron chi connectivity index (χ3n) is 4.50. The number of aromatic nitrogens is 1. The summed E-state index contributed by atoms with van der Waals surface area (Å²) in [7, 11) is 0. The van der Waals surface area contributed by atoms with Gasteiger partial charge < -0.3 is 10.3 Å². The molecule has 102 valence electrons. The Hall–Kier alpha value is -1.35. The van der Waals surface area contributed by atoms with E-state index in [2.05, 4.69) is 24.1 Å². The van der Waals surface area contributed by atoms with E-state index in [1.165, 1.54) is 17.3 Å². The number of H-pyrrole nitrogens is 1. The van der Waals surface area contributed by atoms with Gasteiger partial charge in [0.2, 0.25) is 0 Å². The number of hydrogen-bond acceptors (Lipinski definition) is 1. The zero-order valence-corrected chi connectivity index (χ0v) is 11.6. The van der Waals surface area contributed by atoms with Gasteiger partial charge >= 0.3 is 0 Å². The molecule has 2 N–H and O–H groups in total. The minimum Gasteiger partial charge on any atom is -0.358 e. The lowest BCUT2D eigenvalue weighted by Gasteiger charge is -2.35. The molecule has 1 aliphatic rings. The molecule has 2 aromatic rings. The lowest BCUT2D eigenvalue weighted by Crippen LogP contribution is -2.38. The Bertz CT molecular complexity index is 594. The third-order valence-corrected chi connectivity index (χ3v) is 4.50. The monoisotopic (exact) mass is 260 g/mol. The van der Waals surface area contributed by atoms with E-state index in [9.17, 15) is 4.39 Å². The SMILES string of the molecule is CCc1[nH]c2ccc(F)cc2c1C1(C)CCNCC1. The van der Waals surface area contributed by atoms with Crippen molar-refractivity contribution in [3.63, 3.8) is 0 Å². The molecule has 0 atom stereocenters. The number of piperidine rings is 1. The summed E-state index contributed by atoms with van der Waals surface area (Å²) in [6.45, 7) is 6.57. The molecule has 2 heterocycles. The summed E-state index contributed by atoms with van der Waals surface area (Å²) in [6.07, 6.45) is 3.20. The molecule has 0 aliphatic carbocycles. The minimum atomic E-state index is -0.145. The number of aromatic amines is 1. The van der Waals surface area contributed by atoms with Crippen molar-refractivity contribution in [3.05, 3.63) is 35.3 Å². The van der Waals surface area contributed by atoms with Crippen LogP contribution in [0.1, 0.15) is 37.9 Å². The third kappa shape index (κ3) is 2.06. The first kappa shape index (κ1) is 12.7. The quantitative estimate of drug-likeness (QED) is 0.849. The fourth-order valence-corrected chi connectivity index (χ4v) is 3.40. The van der Waals surface area contributed by atoms with Crippen LogP contribution in [0.4, 0.5) is 4.39 Å². The first-order valence-corrected chi connectivity index (χ1v) is 7.15. The van der Waals surface area contributed by atoms with Crippen molar-refractivity contribution in [2.24, 2.45) is 0 Å². The summed E-state index contributed by atoms with van der Waals surface area (Å²) in [5.41, 5.74) is 3.83. The standard InChI is InChI=1S/C16H21FN2/c1-3-13-15(16(2)6-8-18-9-7-16)12-10-11(17)4-5-14(12)19-13/h4-5,10,18-19H,3,6-9H2,1-2H3. The summed E-state index contributed by atoms with van der Waals surface area (Å²) >= 11 is 0.